The Balaban J connectivity index is 2.16. The molecule has 0 N–H and O–H groups in total. The number of nitrogens with zero attached hydrogens (tertiary/aromatic N) is 2. The largest absolute Gasteiger partial charge is 0.399 e. The van der Waals surface area contributed by atoms with Crippen molar-refractivity contribution in [2.45, 2.75) is 44.7 Å². The van der Waals surface area contributed by atoms with Crippen molar-refractivity contribution in [3.05, 3.63) is 39.4 Å². The molecule has 0 radical (unpaired) electrons. The van der Waals surface area contributed by atoms with E-state index in [9.17, 15) is 0 Å². The van der Waals surface area contributed by atoms with Crippen molar-refractivity contribution in [2.75, 3.05) is 14.2 Å². The molecular formula is C18H22Cl2N2O. The SMILES string of the molecule is CCC(=NOC)C1=C(c2ccc(Cl)c(Cl)c2)CC2CC[C@@H]1N2C. The monoisotopic (exact) mass is 352 g/mol. The summed E-state index contributed by atoms with van der Waals surface area (Å²) in [4.78, 5) is 7.59. The van der Waals surface area contributed by atoms with Crippen molar-refractivity contribution in [3.63, 3.8) is 0 Å². The smallest absolute Gasteiger partial charge is 0.106 e. The number of hydrogen-bond donors (Lipinski definition) is 0. The van der Waals surface area contributed by atoms with Crippen LogP contribution in [0.2, 0.25) is 10.0 Å². The van der Waals surface area contributed by atoms with Gasteiger partial charge in [0.2, 0.25) is 0 Å². The van der Waals surface area contributed by atoms with Crippen LogP contribution in [0.4, 0.5) is 0 Å². The van der Waals surface area contributed by atoms with Gasteiger partial charge in [-0.2, -0.15) is 0 Å². The minimum Gasteiger partial charge on any atom is -0.399 e. The summed E-state index contributed by atoms with van der Waals surface area (Å²) in [5.41, 5.74) is 4.83. The highest BCUT2D eigenvalue weighted by molar-refractivity contribution is 6.42. The average molecular weight is 353 g/mol. The lowest BCUT2D eigenvalue weighted by Crippen LogP contribution is -2.40. The van der Waals surface area contributed by atoms with Gasteiger partial charge in [-0.3, -0.25) is 4.90 Å². The quantitative estimate of drug-likeness (QED) is 0.560. The first-order chi connectivity index (χ1) is 11.1. The third kappa shape index (κ3) is 3.02. The predicted octanol–water partition coefficient (Wildman–Crippen LogP) is 5.03. The molecule has 1 aromatic rings. The van der Waals surface area contributed by atoms with E-state index in [4.69, 9.17) is 28.0 Å². The van der Waals surface area contributed by atoms with Crippen LogP contribution in [0.5, 0.6) is 0 Å². The van der Waals surface area contributed by atoms with Gasteiger partial charge >= 0.3 is 0 Å². The first-order valence-corrected chi connectivity index (χ1v) is 8.83. The highest BCUT2D eigenvalue weighted by atomic mass is 35.5. The summed E-state index contributed by atoms with van der Waals surface area (Å²) in [7, 11) is 3.83. The number of oxime groups is 1. The molecule has 0 spiro atoms. The van der Waals surface area contributed by atoms with Gasteiger partial charge in [0, 0.05) is 12.1 Å². The molecule has 23 heavy (non-hydrogen) atoms. The van der Waals surface area contributed by atoms with Gasteiger partial charge in [-0.05, 0) is 61.6 Å². The van der Waals surface area contributed by atoms with Gasteiger partial charge in [0.1, 0.15) is 7.11 Å². The average Bonchev–Trinajstić information content (AvgIpc) is 2.78. The van der Waals surface area contributed by atoms with E-state index in [-0.39, 0.29) is 0 Å². The third-order valence-electron chi connectivity index (χ3n) is 5.05. The van der Waals surface area contributed by atoms with Crippen molar-refractivity contribution >= 4 is 34.5 Å². The van der Waals surface area contributed by atoms with E-state index >= 15 is 0 Å². The minimum atomic E-state index is 0.409. The van der Waals surface area contributed by atoms with Crippen LogP contribution in [-0.4, -0.2) is 36.9 Å². The molecule has 1 fully saturated rings. The van der Waals surface area contributed by atoms with Crippen LogP contribution in [-0.2, 0) is 4.84 Å². The Bertz CT molecular complexity index is 669. The molecule has 2 heterocycles. The molecule has 1 saturated heterocycles. The number of rotatable bonds is 4. The van der Waals surface area contributed by atoms with Crippen molar-refractivity contribution in [3.8, 4) is 0 Å². The standard InChI is InChI=1S/C18H22Cl2N2O/c1-4-16(21-23-3)18-13(10-12-6-8-17(18)22(12)2)11-5-7-14(19)15(20)9-11/h5,7,9,12,17H,4,6,8,10H2,1-3H3/t12?,17-/m0/s1. The van der Waals surface area contributed by atoms with Gasteiger partial charge in [0.15, 0.2) is 0 Å². The van der Waals surface area contributed by atoms with Gasteiger partial charge in [0.25, 0.3) is 0 Å². The van der Waals surface area contributed by atoms with Crippen molar-refractivity contribution in [2.24, 2.45) is 5.16 Å². The zero-order valence-electron chi connectivity index (χ0n) is 13.8. The maximum absolute atomic E-state index is 6.25. The van der Waals surface area contributed by atoms with Gasteiger partial charge < -0.3 is 4.84 Å². The summed E-state index contributed by atoms with van der Waals surface area (Å²) in [5, 5.41) is 5.50. The predicted molar refractivity (Wildman–Crippen MR) is 97.3 cm³/mol. The van der Waals surface area contributed by atoms with Crippen LogP contribution in [0.15, 0.2) is 28.9 Å². The molecule has 2 aliphatic heterocycles. The highest BCUT2D eigenvalue weighted by Crippen LogP contribution is 2.43. The first-order valence-electron chi connectivity index (χ1n) is 8.07. The van der Waals surface area contributed by atoms with Gasteiger partial charge in [-0.25, -0.2) is 0 Å². The number of halogens is 2. The second-order valence-electron chi connectivity index (χ2n) is 6.21. The molecule has 2 aliphatic rings. The zero-order chi connectivity index (χ0) is 16.6. The van der Waals surface area contributed by atoms with E-state index in [1.807, 2.05) is 12.1 Å². The molecule has 1 unspecified atom stereocenters. The Hall–Kier alpha value is -1.03. The maximum atomic E-state index is 6.25. The summed E-state index contributed by atoms with van der Waals surface area (Å²) in [5.74, 6) is 0. The Morgan fingerprint density at radius 3 is 2.74 bits per heavy atom. The van der Waals surface area contributed by atoms with E-state index in [1.165, 1.54) is 24.0 Å². The van der Waals surface area contributed by atoms with Crippen molar-refractivity contribution in [1.82, 2.24) is 4.90 Å². The van der Waals surface area contributed by atoms with Crippen molar-refractivity contribution in [1.29, 1.82) is 0 Å². The summed E-state index contributed by atoms with van der Waals surface area (Å²) in [6.45, 7) is 2.12. The van der Waals surface area contributed by atoms with Crippen LogP contribution in [0, 0.1) is 0 Å². The molecular weight excluding hydrogens is 331 g/mol. The van der Waals surface area contributed by atoms with Crippen molar-refractivity contribution < 1.29 is 4.84 Å². The molecule has 0 amide bonds. The summed E-state index contributed by atoms with van der Waals surface area (Å²) < 4.78 is 0. The molecule has 1 aromatic carbocycles. The van der Waals surface area contributed by atoms with Gasteiger partial charge in [-0.15, -0.1) is 0 Å². The lowest BCUT2D eigenvalue weighted by atomic mass is 9.85. The molecule has 2 atom stereocenters. The van der Waals surface area contributed by atoms with E-state index in [1.54, 1.807) is 7.11 Å². The van der Waals surface area contributed by atoms with Gasteiger partial charge in [0.05, 0.1) is 15.8 Å². The Morgan fingerprint density at radius 1 is 1.30 bits per heavy atom. The topological polar surface area (TPSA) is 24.8 Å². The molecule has 0 aliphatic carbocycles. The molecule has 3 nitrogen and oxygen atoms in total. The molecule has 0 aromatic heterocycles. The fourth-order valence-electron chi connectivity index (χ4n) is 3.89. The molecule has 0 saturated carbocycles. The number of fused-ring (bicyclic) bond motifs is 2. The molecule has 3 rings (SSSR count). The van der Waals surface area contributed by atoms with Crippen LogP contribution < -0.4 is 0 Å². The molecule has 5 heteroatoms. The number of likely N-dealkylation sites (N-methyl/N-ethyl adjacent to an activating group) is 1. The Kier molecular flexibility index (Phi) is 5.00. The lowest BCUT2D eigenvalue weighted by Gasteiger charge is -2.35. The van der Waals surface area contributed by atoms with Crippen LogP contribution in [0.1, 0.15) is 38.2 Å². The summed E-state index contributed by atoms with van der Waals surface area (Å²) in [6.07, 6.45) is 4.26. The fraction of sp³-hybridized carbons (Fsp3) is 0.500. The zero-order valence-corrected chi connectivity index (χ0v) is 15.3. The normalized spacial score (nSPS) is 25.2. The summed E-state index contributed by atoms with van der Waals surface area (Å²) >= 11 is 12.3. The maximum Gasteiger partial charge on any atom is 0.106 e. The van der Waals surface area contributed by atoms with Crippen LogP contribution >= 0.6 is 23.2 Å². The molecule has 124 valence electrons. The third-order valence-corrected chi connectivity index (χ3v) is 5.79. The van der Waals surface area contributed by atoms with Gasteiger partial charge in [-0.1, -0.05) is 41.3 Å². The minimum absolute atomic E-state index is 0.409. The second-order valence-corrected chi connectivity index (χ2v) is 7.03. The number of benzene rings is 1. The number of hydrogen-bond acceptors (Lipinski definition) is 3. The Morgan fingerprint density at radius 2 is 2.09 bits per heavy atom. The second kappa shape index (κ2) is 6.84. The van der Waals surface area contributed by atoms with E-state index < -0.39 is 0 Å². The fourth-order valence-corrected chi connectivity index (χ4v) is 4.19. The van der Waals surface area contributed by atoms with E-state index in [2.05, 4.69) is 30.1 Å². The van der Waals surface area contributed by atoms with E-state index in [0.29, 0.717) is 22.1 Å². The first kappa shape index (κ1) is 16.8. The lowest BCUT2D eigenvalue weighted by molar-refractivity contribution is 0.211. The Labute approximate surface area is 147 Å². The molecule has 2 bridgehead atoms. The summed E-state index contributed by atoms with van der Waals surface area (Å²) in [6, 6.07) is 6.92. The van der Waals surface area contributed by atoms with Crippen LogP contribution in [0.25, 0.3) is 5.57 Å². The highest BCUT2D eigenvalue weighted by Gasteiger charge is 2.40. The van der Waals surface area contributed by atoms with Crippen LogP contribution in [0.3, 0.4) is 0 Å². The van der Waals surface area contributed by atoms with E-state index in [0.717, 1.165) is 24.1 Å².